The lowest BCUT2D eigenvalue weighted by Crippen LogP contribution is -2.33. The number of alkyl halides is 3. The van der Waals surface area contributed by atoms with E-state index >= 15 is 0 Å². The molecule has 0 saturated carbocycles. The summed E-state index contributed by atoms with van der Waals surface area (Å²) in [5.74, 6) is -0.940. The van der Waals surface area contributed by atoms with Gasteiger partial charge in [-0.3, -0.25) is 9.59 Å². The van der Waals surface area contributed by atoms with Crippen LogP contribution in [-0.4, -0.2) is 24.2 Å². The van der Waals surface area contributed by atoms with Crippen molar-refractivity contribution in [2.45, 2.75) is 77.4 Å². The van der Waals surface area contributed by atoms with E-state index < -0.39 is 23.6 Å². The van der Waals surface area contributed by atoms with E-state index in [2.05, 4.69) is 6.92 Å². The summed E-state index contributed by atoms with van der Waals surface area (Å²) >= 11 is 0. The zero-order valence-corrected chi connectivity index (χ0v) is 16.6. The van der Waals surface area contributed by atoms with E-state index in [1.54, 1.807) is 0 Å². The lowest BCUT2D eigenvalue weighted by Gasteiger charge is -2.16. The molecular weight excluding hydrogens is 371 g/mol. The van der Waals surface area contributed by atoms with Gasteiger partial charge in [0.05, 0.1) is 18.2 Å². The summed E-state index contributed by atoms with van der Waals surface area (Å²) in [6.45, 7) is 3.65. The third-order valence-electron chi connectivity index (χ3n) is 4.40. The minimum Gasteiger partial charge on any atom is -0.493 e. The second kappa shape index (κ2) is 11.8. The minimum atomic E-state index is -4.59. The fourth-order valence-electron chi connectivity index (χ4n) is 2.85. The summed E-state index contributed by atoms with van der Waals surface area (Å²) < 4.78 is 45.5. The molecule has 0 fully saturated rings. The molecule has 4 nitrogen and oxygen atoms in total. The van der Waals surface area contributed by atoms with Gasteiger partial charge in [0.1, 0.15) is 11.5 Å². The van der Waals surface area contributed by atoms with Crippen LogP contribution in [0.25, 0.3) is 0 Å². The van der Waals surface area contributed by atoms with E-state index in [0.29, 0.717) is 6.42 Å². The highest BCUT2D eigenvalue weighted by Crippen LogP contribution is 2.37. The van der Waals surface area contributed by atoms with E-state index in [4.69, 9.17) is 10.5 Å². The predicted molar refractivity (Wildman–Crippen MR) is 102 cm³/mol. The molecule has 0 spiro atoms. The number of halogens is 3. The molecule has 0 amide bonds. The fraction of sp³-hybridized carbons (Fsp3) is 0.619. The van der Waals surface area contributed by atoms with Crippen LogP contribution in [0.3, 0.4) is 0 Å². The molecular formula is C21H30F3NO3. The number of ketones is 2. The summed E-state index contributed by atoms with van der Waals surface area (Å²) in [7, 11) is 0. The molecule has 28 heavy (non-hydrogen) atoms. The van der Waals surface area contributed by atoms with Crippen molar-refractivity contribution >= 4 is 11.6 Å². The van der Waals surface area contributed by atoms with Crippen molar-refractivity contribution in [3.05, 3.63) is 29.3 Å². The second-order valence-corrected chi connectivity index (χ2v) is 7.10. The Kier molecular flexibility index (Phi) is 10.2. The molecule has 0 saturated heterocycles. The van der Waals surface area contributed by atoms with Gasteiger partial charge in [-0.25, -0.2) is 0 Å². The topological polar surface area (TPSA) is 69.4 Å². The first-order valence-electron chi connectivity index (χ1n) is 9.75. The maximum absolute atomic E-state index is 13.4. The minimum absolute atomic E-state index is 0.121. The Morgan fingerprint density at radius 3 is 2.36 bits per heavy atom. The number of carbonyl (C=O) groups excluding carboxylic acids is 2. The smallest absolute Gasteiger partial charge is 0.419 e. The summed E-state index contributed by atoms with van der Waals surface area (Å²) in [5, 5.41) is 0. The third kappa shape index (κ3) is 8.87. The molecule has 2 N–H and O–H groups in total. The average molecular weight is 401 g/mol. The third-order valence-corrected chi connectivity index (χ3v) is 4.40. The summed E-state index contributed by atoms with van der Waals surface area (Å²) in [5.41, 5.74) is 4.93. The van der Waals surface area contributed by atoms with Gasteiger partial charge < -0.3 is 10.5 Å². The van der Waals surface area contributed by atoms with E-state index in [9.17, 15) is 22.8 Å². The molecule has 158 valence electrons. The first kappa shape index (κ1) is 24.1. The van der Waals surface area contributed by atoms with Crippen LogP contribution >= 0.6 is 0 Å². The van der Waals surface area contributed by atoms with Gasteiger partial charge in [-0.1, -0.05) is 45.1 Å². The molecule has 1 atom stereocenters. The monoisotopic (exact) mass is 401 g/mol. The van der Waals surface area contributed by atoms with Crippen LogP contribution in [0, 0.1) is 0 Å². The Morgan fingerprint density at radius 2 is 1.75 bits per heavy atom. The predicted octanol–water partition coefficient (Wildman–Crippen LogP) is 4.86. The van der Waals surface area contributed by atoms with Gasteiger partial charge in [0.25, 0.3) is 0 Å². The van der Waals surface area contributed by atoms with Gasteiger partial charge in [-0.15, -0.1) is 0 Å². The highest BCUT2D eigenvalue weighted by molar-refractivity contribution is 5.90. The summed E-state index contributed by atoms with van der Waals surface area (Å²) in [6.07, 6.45) is 1.12. The van der Waals surface area contributed by atoms with Crippen LogP contribution < -0.4 is 10.5 Å². The molecule has 0 bridgehead atoms. The lowest BCUT2D eigenvalue weighted by molar-refractivity contribution is -0.139. The van der Waals surface area contributed by atoms with E-state index in [0.717, 1.165) is 38.2 Å². The molecule has 0 aliphatic rings. The molecule has 0 unspecified atom stereocenters. The van der Waals surface area contributed by atoms with Crippen LogP contribution in [-0.2, 0) is 22.2 Å². The Balaban J connectivity index is 2.72. The van der Waals surface area contributed by atoms with Crippen LogP contribution in [0.5, 0.6) is 5.75 Å². The van der Waals surface area contributed by atoms with Gasteiger partial charge in [0.15, 0.2) is 5.78 Å². The van der Waals surface area contributed by atoms with Crippen LogP contribution in [0.2, 0.25) is 0 Å². The van der Waals surface area contributed by atoms with Crippen molar-refractivity contribution in [1.29, 1.82) is 0 Å². The number of hydrogen-bond donors (Lipinski definition) is 1. The van der Waals surface area contributed by atoms with Crippen LogP contribution in [0.15, 0.2) is 18.2 Å². The number of unbranched alkanes of at least 4 members (excludes halogenated alkanes) is 5. The van der Waals surface area contributed by atoms with Crippen molar-refractivity contribution in [2.75, 3.05) is 6.61 Å². The van der Waals surface area contributed by atoms with Gasteiger partial charge in [0, 0.05) is 12.8 Å². The largest absolute Gasteiger partial charge is 0.493 e. The molecule has 1 aromatic carbocycles. The average Bonchev–Trinajstić information content (AvgIpc) is 2.60. The van der Waals surface area contributed by atoms with Gasteiger partial charge in [-0.05, 0) is 31.0 Å². The lowest BCUT2D eigenvalue weighted by atomic mass is 9.99. The van der Waals surface area contributed by atoms with Gasteiger partial charge >= 0.3 is 6.18 Å². The maximum atomic E-state index is 13.4. The Morgan fingerprint density at radius 1 is 1.11 bits per heavy atom. The molecule has 1 aromatic rings. The normalized spacial score (nSPS) is 12.6. The van der Waals surface area contributed by atoms with Crippen molar-refractivity contribution in [3.8, 4) is 5.75 Å². The van der Waals surface area contributed by atoms with Crippen molar-refractivity contribution in [3.63, 3.8) is 0 Å². The number of hydrogen-bond acceptors (Lipinski definition) is 4. The van der Waals surface area contributed by atoms with E-state index in [-0.39, 0.29) is 36.5 Å². The van der Waals surface area contributed by atoms with Crippen molar-refractivity contribution < 1.29 is 27.5 Å². The maximum Gasteiger partial charge on any atom is 0.419 e. The van der Waals surface area contributed by atoms with E-state index in [1.807, 2.05) is 0 Å². The molecule has 7 heteroatoms. The second-order valence-electron chi connectivity index (χ2n) is 7.10. The number of Topliss-reactive ketones (excluding diaryl/α,β-unsaturated/α-hetero) is 2. The zero-order chi connectivity index (χ0) is 21.2. The first-order valence-corrected chi connectivity index (χ1v) is 9.75. The number of carbonyl (C=O) groups is 2. The van der Waals surface area contributed by atoms with Crippen LogP contribution in [0.1, 0.15) is 69.9 Å². The van der Waals surface area contributed by atoms with Crippen molar-refractivity contribution in [1.82, 2.24) is 0 Å². The SMILES string of the molecule is CCCCCCCCOc1ccc(CC(=O)[C@@H](N)CC(C)=O)cc1C(F)(F)F. The molecule has 0 aliphatic heterocycles. The van der Waals surface area contributed by atoms with E-state index in [1.165, 1.54) is 19.1 Å². The standard InChI is InChI=1S/C21H30F3NO3/c1-3-4-5-6-7-8-11-28-20-10-9-16(13-17(20)21(22,23)24)14-19(27)18(25)12-15(2)26/h9-10,13,18H,3-8,11-12,14,25H2,1-2H3/t18-/m0/s1. The van der Waals surface area contributed by atoms with Gasteiger partial charge in [0.2, 0.25) is 0 Å². The fourth-order valence-corrected chi connectivity index (χ4v) is 2.85. The number of nitrogens with two attached hydrogens (primary N) is 1. The quantitative estimate of drug-likeness (QED) is 0.479. The molecule has 0 heterocycles. The zero-order valence-electron chi connectivity index (χ0n) is 16.6. The number of rotatable bonds is 13. The Hall–Kier alpha value is -1.89. The number of benzene rings is 1. The number of ether oxygens (including phenoxy) is 1. The van der Waals surface area contributed by atoms with Gasteiger partial charge in [-0.2, -0.15) is 13.2 Å². The molecule has 0 aliphatic carbocycles. The molecule has 0 aromatic heterocycles. The Labute approximate surface area is 164 Å². The van der Waals surface area contributed by atoms with Crippen molar-refractivity contribution in [2.24, 2.45) is 5.73 Å². The molecule has 0 radical (unpaired) electrons. The summed E-state index contributed by atoms with van der Waals surface area (Å²) in [4.78, 5) is 23.1. The van der Waals surface area contributed by atoms with Crippen LogP contribution in [0.4, 0.5) is 13.2 Å². The summed E-state index contributed by atoms with van der Waals surface area (Å²) in [6, 6.07) is 2.61. The molecule has 1 rings (SSSR count). The first-order chi connectivity index (χ1) is 13.1. The Bertz CT molecular complexity index is 644. The highest BCUT2D eigenvalue weighted by atomic mass is 19.4. The highest BCUT2D eigenvalue weighted by Gasteiger charge is 2.35.